The molecule has 2 aromatic carbocycles. The molecular weight excluding hydrogens is 355 g/mol. The third kappa shape index (κ3) is 4.31. The lowest BCUT2D eigenvalue weighted by atomic mass is 9.75. The number of hydrogen-bond acceptors (Lipinski definition) is 3. The summed E-state index contributed by atoms with van der Waals surface area (Å²) in [4.78, 5) is 0. The molecule has 3 rings (SSSR count). The van der Waals surface area contributed by atoms with Crippen LogP contribution in [0.25, 0.3) is 0 Å². The molecule has 0 spiro atoms. The summed E-state index contributed by atoms with van der Waals surface area (Å²) in [6, 6.07) is 14.7. The Labute approximate surface area is 163 Å². The third-order valence-electron chi connectivity index (χ3n) is 5.79. The van der Waals surface area contributed by atoms with Crippen LogP contribution in [0.4, 0.5) is 0 Å². The van der Waals surface area contributed by atoms with Gasteiger partial charge in [0, 0.05) is 5.30 Å². The number of phenolic OH excluding ortho intramolecular Hbond substituents is 1. The molecule has 0 unspecified atom stereocenters. The van der Waals surface area contributed by atoms with Gasteiger partial charge in [-0.3, -0.25) is 4.57 Å². The molecule has 0 saturated heterocycles. The smallest absolute Gasteiger partial charge is 0.265 e. The number of benzene rings is 2. The van der Waals surface area contributed by atoms with Gasteiger partial charge in [-0.05, 0) is 67.3 Å². The first kappa shape index (κ1) is 20.2. The summed E-state index contributed by atoms with van der Waals surface area (Å²) in [6.45, 7) is 8.58. The van der Waals surface area contributed by atoms with Crippen molar-refractivity contribution >= 4 is 18.0 Å². The average molecular weight is 386 g/mol. The molecule has 0 aliphatic heterocycles. The molecule has 27 heavy (non-hydrogen) atoms. The van der Waals surface area contributed by atoms with E-state index in [0.29, 0.717) is 28.4 Å². The highest BCUT2D eigenvalue weighted by atomic mass is 31.2. The first-order chi connectivity index (χ1) is 12.8. The number of hydrogen-bond donors (Lipinski definition) is 1. The Kier molecular flexibility index (Phi) is 6.13. The predicted octanol–water partition coefficient (Wildman–Crippen LogP) is 5.41. The lowest BCUT2D eigenvalue weighted by molar-refractivity contribution is 0.0514. The molecule has 4 heteroatoms. The van der Waals surface area contributed by atoms with E-state index in [-0.39, 0.29) is 11.9 Å². The van der Waals surface area contributed by atoms with Gasteiger partial charge in [0.1, 0.15) is 5.75 Å². The second-order valence-electron chi connectivity index (χ2n) is 8.35. The molecule has 1 aliphatic rings. The summed E-state index contributed by atoms with van der Waals surface area (Å²) in [5.41, 5.74) is 0.933. The van der Waals surface area contributed by atoms with E-state index >= 15 is 0 Å². The summed E-state index contributed by atoms with van der Waals surface area (Å²) >= 11 is 0. The van der Waals surface area contributed by atoms with Crippen molar-refractivity contribution in [1.29, 1.82) is 0 Å². The molecule has 0 bridgehead atoms. The molecule has 1 fully saturated rings. The van der Waals surface area contributed by atoms with Gasteiger partial charge in [0.2, 0.25) is 0 Å². The van der Waals surface area contributed by atoms with Crippen molar-refractivity contribution in [2.45, 2.75) is 53.1 Å². The zero-order valence-electron chi connectivity index (χ0n) is 16.8. The standard InChI is InChI=1S/C23H31O3P/c1-16(2)20-12-10-18(4)15-22(20)26-27(25,19-8-6-5-7-9-19)23-13-11-17(3)14-21(23)24/h5-9,11,13-14,16,18,20,22,24H,10,12,15H2,1-4H3/t18-,20+,22-,27-/m1/s1. The Morgan fingerprint density at radius 2 is 1.81 bits per heavy atom. The van der Waals surface area contributed by atoms with E-state index in [1.54, 1.807) is 12.1 Å². The fraction of sp³-hybridized carbons (Fsp3) is 0.478. The molecule has 1 aliphatic carbocycles. The molecule has 0 heterocycles. The maximum Gasteiger partial charge on any atom is 0.265 e. The Morgan fingerprint density at radius 3 is 2.44 bits per heavy atom. The van der Waals surface area contributed by atoms with Crippen LogP contribution < -0.4 is 10.6 Å². The highest BCUT2D eigenvalue weighted by Crippen LogP contribution is 2.52. The highest BCUT2D eigenvalue weighted by Gasteiger charge is 2.40. The van der Waals surface area contributed by atoms with Crippen molar-refractivity contribution in [3.05, 3.63) is 54.1 Å². The largest absolute Gasteiger partial charge is 0.507 e. The van der Waals surface area contributed by atoms with Gasteiger partial charge in [-0.2, -0.15) is 0 Å². The van der Waals surface area contributed by atoms with Crippen LogP contribution in [0.5, 0.6) is 5.75 Å². The predicted molar refractivity (Wildman–Crippen MR) is 112 cm³/mol. The number of aromatic hydroxyl groups is 1. The van der Waals surface area contributed by atoms with E-state index in [4.69, 9.17) is 4.52 Å². The summed E-state index contributed by atoms with van der Waals surface area (Å²) in [6.07, 6.45) is 3.12. The van der Waals surface area contributed by atoms with Crippen LogP contribution >= 0.6 is 7.37 Å². The fourth-order valence-electron chi connectivity index (χ4n) is 4.19. The van der Waals surface area contributed by atoms with Gasteiger partial charge >= 0.3 is 0 Å². The second-order valence-corrected chi connectivity index (χ2v) is 10.7. The van der Waals surface area contributed by atoms with Gasteiger partial charge in [-0.15, -0.1) is 0 Å². The van der Waals surface area contributed by atoms with Gasteiger partial charge < -0.3 is 9.63 Å². The second kappa shape index (κ2) is 8.20. The Balaban J connectivity index is 2.06. The van der Waals surface area contributed by atoms with E-state index in [1.807, 2.05) is 43.3 Å². The van der Waals surface area contributed by atoms with E-state index < -0.39 is 7.37 Å². The number of aryl methyl sites for hydroxylation is 1. The third-order valence-corrected chi connectivity index (χ3v) is 8.35. The van der Waals surface area contributed by atoms with E-state index in [0.717, 1.165) is 18.4 Å². The Hall–Kier alpha value is -1.57. The topological polar surface area (TPSA) is 46.5 Å². The van der Waals surface area contributed by atoms with Crippen molar-refractivity contribution in [2.75, 3.05) is 0 Å². The molecule has 4 atom stereocenters. The minimum Gasteiger partial charge on any atom is -0.507 e. The summed E-state index contributed by atoms with van der Waals surface area (Å²) < 4.78 is 20.8. The quantitative estimate of drug-likeness (QED) is 0.699. The molecule has 0 aromatic heterocycles. The van der Waals surface area contributed by atoms with Crippen LogP contribution in [0.1, 0.15) is 45.6 Å². The molecule has 3 nitrogen and oxygen atoms in total. The van der Waals surface area contributed by atoms with Crippen LogP contribution in [0.3, 0.4) is 0 Å². The normalized spacial score (nSPS) is 25.3. The van der Waals surface area contributed by atoms with Crippen molar-refractivity contribution in [3.8, 4) is 5.75 Å². The summed E-state index contributed by atoms with van der Waals surface area (Å²) in [7, 11) is -3.40. The molecule has 1 saturated carbocycles. The molecular formula is C23H31O3P. The molecule has 0 amide bonds. The Morgan fingerprint density at radius 1 is 1.11 bits per heavy atom. The fourth-order valence-corrected chi connectivity index (χ4v) is 6.53. The summed E-state index contributed by atoms with van der Waals surface area (Å²) in [5, 5.41) is 11.6. The van der Waals surface area contributed by atoms with Gasteiger partial charge in [0.25, 0.3) is 7.37 Å². The van der Waals surface area contributed by atoms with Crippen LogP contribution in [0.2, 0.25) is 0 Å². The van der Waals surface area contributed by atoms with Crippen molar-refractivity contribution < 1.29 is 14.2 Å². The lowest BCUT2D eigenvalue weighted by Gasteiger charge is -2.39. The maximum absolute atomic E-state index is 14.3. The van der Waals surface area contributed by atoms with Crippen LogP contribution in [-0.4, -0.2) is 11.2 Å². The maximum atomic E-state index is 14.3. The van der Waals surface area contributed by atoms with Gasteiger partial charge in [-0.1, -0.05) is 51.5 Å². The van der Waals surface area contributed by atoms with Crippen molar-refractivity contribution in [2.24, 2.45) is 17.8 Å². The van der Waals surface area contributed by atoms with E-state index in [2.05, 4.69) is 20.8 Å². The van der Waals surface area contributed by atoms with Crippen LogP contribution in [-0.2, 0) is 9.09 Å². The minimum absolute atomic E-state index is 0.0483. The van der Waals surface area contributed by atoms with Crippen LogP contribution in [0.15, 0.2) is 48.5 Å². The van der Waals surface area contributed by atoms with Gasteiger partial charge in [0.15, 0.2) is 0 Å². The molecule has 1 N–H and O–H groups in total. The molecule has 2 aromatic rings. The monoisotopic (exact) mass is 386 g/mol. The minimum atomic E-state index is -3.40. The summed E-state index contributed by atoms with van der Waals surface area (Å²) in [5.74, 6) is 1.46. The zero-order valence-corrected chi connectivity index (χ0v) is 17.7. The van der Waals surface area contributed by atoms with Gasteiger partial charge in [0.05, 0.1) is 11.4 Å². The molecule has 146 valence electrons. The first-order valence-electron chi connectivity index (χ1n) is 9.95. The highest BCUT2D eigenvalue weighted by molar-refractivity contribution is 7.74. The first-order valence-corrected chi connectivity index (χ1v) is 11.6. The number of rotatable bonds is 5. The van der Waals surface area contributed by atoms with E-state index in [9.17, 15) is 9.67 Å². The van der Waals surface area contributed by atoms with Crippen molar-refractivity contribution in [3.63, 3.8) is 0 Å². The number of phenols is 1. The SMILES string of the molecule is Cc1ccc([P@](=O)(O[C@@H]2C[C@H](C)CC[C@H]2C(C)C)c2ccccc2)c(O)c1. The van der Waals surface area contributed by atoms with E-state index in [1.165, 1.54) is 6.42 Å². The zero-order chi connectivity index (χ0) is 19.6. The molecule has 0 radical (unpaired) electrons. The van der Waals surface area contributed by atoms with Crippen molar-refractivity contribution in [1.82, 2.24) is 0 Å². The van der Waals surface area contributed by atoms with Crippen LogP contribution in [0, 0.1) is 24.7 Å². The average Bonchev–Trinajstić information content (AvgIpc) is 2.62. The van der Waals surface area contributed by atoms with Gasteiger partial charge in [-0.25, -0.2) is 0 Å². The Bertz CT molecular complexity index is 816. The lowest BCUT2D eigenvalue weighted by Crippen LogP contribution is -2.36.